The molecule has 138 valence electrons. The summed E-state index contributed by atoms with van der Waals surface area (Å²) >= 11 is 0. The number of fused-ring (bicyclic) bond motifs is 1. The molecule has 0 aliphatic carbocycles. The van der Waals surface area contributed by atoms with Gasteiger partial charge in [-0.3, -0.25) is 9.10 Å². The highest BCUT2D eigenvalue weighted by atomic mass is 32.2. The van der Waals surface area contributed by atoms with Crippen LogP contribution >= 0.6 is 0 Å². The van der Waals surface area contributed by atoms with E-state index in [2.05, 4.69) is 5.32 Å². The Morgan fingerprint density at radius 1 is 1.19 bits per heavy atom. The molecule has 1 atom stereocenters. The minimum Gasteiger partial charge on any atom is -0.350 e. The van der Waals surface area contributed by atoms with Crippen molar-refractivity contribution >= 4 is 21.6 Å². The number of carbonyl (C=O) groups excluding carboxylic acids is 1. The van der Waals surface area contributed by atoms with E-state index >= 15 is 0 Å². The minimum absolute atomic E-state index is 0.106. The van der Waals surface area contributed by atoms with Gasteiger partial charge in [-0.25, -0.2) is 8.42 Å². The van der Waals surface area contributed by atoms with Crippen LogP contribution in [0.25, 0.3) is 0 Å². The summed E-state index contributed by atoms with van der Waals surface area (Å²) in [6.45, 7) is 6.29. The zero-order valence-electron chi connectivity index (χ0n) is 15.3. The third-order valence-corrected chi connectivity index (χ3v) is 6.62. The maximum atomic E-state index is 13.0. The van der Waals surface area contributed by atoms with E-state index in [0.29, 0.717) is 24.2 Å². The van der Waals surface area contributed by atoms with Crippen LogP contribution in [0.5, 0.6) is 0 Å². The van der Waals surface area contributed by atoms with Gasteiger partial charge in [-0.05, 0) is 62.6 Å². The molecule has 0 saturated carbocycles. The molecule has 5 nitrogen and oxygen atoms in total. The number of rotatable bonds is 5. The molecule has 6 heteroatoms. The Bertz CT molecular complexity index is 921. The summed E-state index contributed by atoms with van der Waals surface area (Å²) in [5.74, 6) is -0.123. The van der Waals surface area contributed by atoms with Gasteiger partial charge in [0, 0.05) is 18.2 Å². The van der Waals surface area contributed by atoms with E-state index in [1.165, 1.54) is 4.31 Å². The van der Waals surface area contributed by atoms with Gasteiger partial charge in [0.05, 0.1) is 10.6 Å². The van der Waals surface area contributed by atoms with Crippen molar-refractivity contribution in [2.75, 3.05) is 10.8 Å². The second-order valence-corrected chi connectivity index (χ2v) is 8.63. The Morgan fingerprint density at radius 2 is 1.88 bits per heavy atom. The van der Waals surface area contributed by atoms with Gasteiger partial charge in [0.15, 0.2) is 0 Å². The van der Waals surface area contributed by atoms with Gasteiger partial charge < -0.3 is 5.32 Å². The number of carbonyl (C=O) groups is 1. The van der Waals surface area contributed by atoms with Crippen molar-refractivity contribution in [2.24, 2.45) is 0 Å². The van der Waals surface area contributed by atoms with E-state index in [1.54, 1.807) is 42.5 Å². The molecule has 1 amide bonds. The van der Waals surface area contributed by atoms with Gasteiger partial charge in [-0.2, -0.15) is 0 Å². The summed E-state index contributed by atoms with van der Waals surface area (Å²) in [4.78, 5) is 12.6. The number of sulfonamides is 1. The second kappa shape index (κ2) is 7.11. The van der Waals surface area contributed by atoms with Crippen LogP contribution in [0.3, 0.4) is 0 Å². The topological polar surface area (TPSA) is 66.5 Å². The molecule has 2 aromatic carbocycles. The fraction of sp³-hybridized carbons (Fsp3) is 0.350. The molecule has 0 unspecified atom stereocenters. The van der Waals surface area contributed by atoms with Crippen molar-refractivity contribution in [3.05, 3.63) is 59.2 Å². The largest absolute Gasteiger partial charge is 0.350 e. The molecule has 0 radical (unpaired) electrons. The van der Waals surface area contributed by atoms with Gasteiger partial charge in [0.25, 0.3) is 15.9 Å². The summed E-state index contributed by atoms with van der Waals surface area (Å²) < 4.78 is 27.4. The Hall–Kier alpha value is -2.34. The molecule has 0 saturated heterocycles. The summed E-state index contributed by atoms with van der Waals surface area (Å²) in [6, 6.07) is 12.2. The standard InChI is InChI=1S/C20H24N2O3S/c1-4-15(3)21-20(23)17-7-10-19-16(13-17)11-12-22(19)26(24,25)18-8-5-14(2)6-9-18/h5-10,13,15H,4,11-12H2,1-3H3,(H,21,23)/t15-/m0/s1. The van der Waals surface area contributed by atoms with E-state index < -0.39 is 10.0 Å². The smallest absolute Gasteiger partial charge is 0.264 e. The van der Waals surface area contributed by atoms with Crippen LogP contribution in [0.1, 0.15) is 41.8 Å². The molecular formula is C20H24N2O3S. The molecule has 3 rings (SSSR count). The van der Waals surface area contributed by atoms with Gasteiger partial charge >= 0.3 is 0 Å². The molecule has 26 heavy (non-hydrogen) atoms. The van der Waals surface area contributed by atoms with Crippen LogP contribution in [0.4, 0.5) is 5.69 Å². The first-order valence-corrected chi connectivity index (χ1v) is 10.3. The highest BCUT2D eigenvalue weighted by Gasteiger charge is 2.31. The maximum absolute atomic E-state index is 13.0. The molecule has 1 N–H and O–H groups in total. The molecule has 0 fully saturated rings. The molecule has 1 aliphatic rings. The molecule has 1 heterocycles. The van der Waals surface area contributed by atoms with Crippen molar-refractivity contribution in [1.29, 1.82) is 0 Å². The van der Waals surface area contributed by atoms with Crippen LogP contribution < -0.4 is 9.62 Å². The first-order chi connectivity index (χ1) is 12.3. The van der Waals surface area contributed by atoms with Crippen LogP contribution in [0.15, 0.2) is 47.4 Å². The lowest BCUT2D eigenvalue weighted by Crippen LogP contribution is -2.32. The Labute approximate surface area is 155 Å². The normalized spacial score (nSPS) is 14.8. The van der Waals surface area contributed by atoms with E-state index in [-0.39, 0.29) is 16.8 Å². The van der Waals surface area contributed by atoms with Crippen LogP contribution in [0, 0.1) is 6.92 Å². The van der Waals surface area contributed by atoms with E-state index in [1.807, 2.05) is 20.8 Å². The van der Waals surface area contributed by atoms with Crippen molar-refractivity contribution < 1.29 is 13.2 Å². The number of aryl methyl sites for hydroxylation is 1. The summed E-state index contributed by atoms with van der Waals surface area (Å²) in [5.41, 5.74) is 3.13. The van der Waals surface area contributed by atoms with Crippen molar-refractivity contribution in [2.45, 2.75) is 44.6 Å². The molecule has 1 aliphatic heterocycles. The number of amides is 1. The average molecular weight is 372 g/mol. The number of benzene rings is 2. The lowest BCUT2D eigenvalue weighted by atomic mass is 10.1. The van der Waals surface area contributed by atoms with Crippen molar-refractivity contribution in [1.82, 2.24) is 5.32 Å². The summed E-state index contributed by atoms with van der Waals surface area (Å²) in [7, 11) is -3.59. The minimum atomic E-state index is -3.59. The van der Waals surface area contributed by atoms with E-state index in [4.69, 9.17) is 0 Å². The lowest BCUT2D eigenvalue weighted by Gasteiger charge is -2.20. The molecule has 0 spiro atoms. The average Bonchev–Trinajstić information content (AvgIpc) is 3.05. The Morgan fingerprint density at radius 3 is 2.54 bits per heavy atom. The third-order valence-electron chi connectivity index (χ3n) is 4.79. The fourth-order valence-corrected chi connectivity index (χ4v) is 4.51. The lowest BCUT2D eigenvalue weighted by molar-refractivity contribution is 0.0939. The quantitative estimate of drug-likeness (QED) is 0.876. The Balaban J connectivity index is 1.88. The predicted octanol–water partition coefficient (Wildman–Crippen LogP) is 3.27. The molecular weight excluding hydrogens is 348 g/mol. The number of nitrogens with one attached hydrogen (secondary N) is 1. The number of hydrogen-bond acceptors (Lipinski definition) is 3. The van der Waals surface area contributed by atoms with Gasteiger partial charge in [0.2, 0.25) is 0 Å². The number of anilines is 1. The first-order valence-electron chi connectivity index (χ1n) is 8.86. The number of nitrogens with zero attached hydrogens (tertiary/aromatic N) is 1. The van der Waals surface area contributed by atoms with Crippen molar-refractivity contribution in [3.8, 4) is 0 Å². The maximum Gasteiger partial charge on any atom is 0.264 e. The monoisotopic (exact) mass is 372 g/mol. The zero-order valence-corrected chi connectivity index (χ0v) is 16.1. The van der Waals surface area contributed by atoms with Gasteiger partial charge in [-0.15, -0.1) is 0 Å². The summed E-state index contributed by atoms with van der Waals surface area (Å²) in [5, 5.41) is 2.94. The van der Waals surface area contributed by atoms with Gasteiger partial charge in [-0.1, -0.05) is 24.6 Å². The van der Waals surface area contributed by atoms with Crippen LogP contribution in [-0.4, -0.2) is 26.9 Å². The molecule has 0 bridgehead atoms. The van der Waals surface area contributed by atoms with Crippen molar-refractivity contribution in [3.63, 3.8) is 0 Å². The summed E-state index contributed by atoms with van der Waals surface area (Å²) in [6.07, 6.45) is 1.46. The van der Waals surface area contributed by atoms with E-state index in [9.17, 15) is 13.2 Å². The zero-order chi connectivity index (χ0) is 18.9. The first kappa shape index (κ1) is 18.5. The fourth-order valence-electron chi connectivity index (χ4n) is 3.01. The molecule has 0 aromatic heterocycles. The highest BCUT2D eigenvalue weighted by Crippen LogP contribution is 2.33. The van der Waals surface area contributed by atoms with Gasteiger partial charge in [0.1, 0.15) is 0 Å². The third kappa shape index (κ3) is 3.46. The van der Waals surface area contributed by atoms with Crippen LogP contribution in [-0.2, 0) is 16.4 Å². The molecule has 2 aromatic rings. The number of hydrogen-bond donors (Lipinski definition) is 1. The van der Waals surface area contributed by atoms with Crippen LogP contribution in [0.2, 0.25) is 0 Å². The SMILES string of the molecule is CC[C@H](C)NC(=O)c1ccc2c(c1)CCN2S(=O)(=O)c1ccc(C)cc1. The predicted molar refractivity (Wildman–Crippen MR) is 103 cm³/mol. The van der Waals surface area contributed by atoms with E-state index in [0.717, 1.165) is 17.5 Å². The second-order valence-electron chi connectivity index (χ2n) is 6.77. The Kier molecular flexibility index (Phi) is 5.05. The highest BCUT2D eigenvalue weighted by molar-refractivity contribution is 7.92.